The van der Waals surface area contributed by atoms with Crippen molar-refractivity contribution in [1.29, 1.82) is 0 Å². The van der Waals surface area contributed by atoms with Gasteiger partial charge >= 0.3 is 0 Å². The molecule has 0 radical (unpaired) electrons. The van der Waals surface area contributed by atoms with Crippen molar-refractivity contribution < 1.29 is 9.90 Å². The molecule has 0 atom stereocenters. The Hall–Kier alpha value is -0.350. The molecule has 0 unspecified atom stereocenters. The summed E-state index contributed by atoms with van der Waals surface area (Å²) >= 11 is 6.51. The SMILES string of the molecule is Cc1c(O)c(C)c(Br)c(C=O)c1Br. The minimum Gasteiger partial charge on any atom is -0.507 e. The van der Waals surface area contributed by atoms with Crippen LogP contribution in [-0.2, 0) is 0 Å². The van der Waals surface area contributed by atoms with Gasteiger partial charge in [-0.15, -0.1) is 0 Å². The van der Waals surface area contributed by atoms with E-state index in [1.165, 1.54) is 0 Å². The molecule has 0 saturated carbocycles. The van der Waals surface area contributed by atoms with E-state index in [2.05, 4.69) is 31.9 Å². The van der Waals surface area contributed by atoms with E-state index in [0.29, 0.717) is 25.6 Å². The average Bonchev–Trinajstić information content (AvgIpc) is 2.13. The number of hydrogen-bond donors (Lipinski definition) is 1. The molecule has 0 saturated heterocycles. The molecule has 1 rings (SSSR count). The molecule has 70 valence electrons. The zero-order valence-corrected chi connectivity index (χ0v) is 10.4. The number of carbonyl (C=O) groups is 1. The smallest absolute Gasteiger partial charge is 0.152 e. The Morgan fingerprint density at radius 1 is 1.15 bits per heavy atom. The van der Waals surface area contributed by atoms with E-state index in [0.717, 1.165) is 6.29 Å². The monoisotopic (exact) mass is 306 g/mol. The molecule has 13 heavy (non-hydrogen) atoms. The number of halogens is 2. The molecular weight excluding hydrogens is 300 g/mol. The molecule has 0 bridgehead atoms. The number of hydrogen-bond acceptors (Lipinski definition) is 2. The highest BCUT2D eigenvalue weighted by Gasteiger charge is 2.15. The van der Waals surface area contributed by atoms with Crippen molar-refractivity contribution in [2.45, 2.75) is 13.8 Å². The summed E-state index contributed by atoms with van der Waals surface area (Å²) in [7, 11) is 0. The topological polar surface area (TPSA) is 37.3 Å². The van der Waals surface area contributed by atoms with E-state index in [9.17, 15) is 9.90 Å². The van der Waals surface area contributed by atoms with Gasteiger partial charge in [-0.2, -0.15) is 0 Å². The number of carbonyl (C=O) groups excluding carboxylic acids is 1. The first kappa shape index (κ1) is 10.7. The second-order valence-corrected chi connectivity index (χ2v) is 4.34. The molecule has 0 aromatic heterocycles. The van der Waals surface area contributed by atoms with Crippen molar-refractivity contribution in [2.24, 2.45) is 0 Å². The molecule has 0 aliphatic carbocycles. The summed E-state index contributed by atoms with van der Waals surface area (Å²) in [6.45, 7) is 3.51. The molecule has 2 nitrogen and oxygen atoms in total. The summed E-state index contributed by atoms with van der Waals surface area (Å²) in [6.07, 6.45) is 0.758. The molecule has 0 fully saturated rings. The highest BCUT2D eigenvalue weighted by molar-refractivity contribution is 9.11. The van der Waals surface area contributed by atoms with Crippen LogP contribution in [0.25, 0.3) is 0 Å². The summed E-state index contributed by atoms with van der Waals surface area (Å²) in [5, 5.41) is 9.61. The maximum absolute atomic E-state index is 10.7. The molecule has 1 aromatic carbocycles. The van der Waals surface area contributed by atoms with Gasteiger partial charge in [-0.05, 0) is 45.7 Å². The molecule has 0 aliphatic heterocycles. The third kappa shape index (κ3) is 1.65. The Morgan fingerprint density at radius 3 is 1.85 bits per heavy atom. The molecule has 1 aromatic rings. The van der Waals surface area contributed by atoms with Crippen molar-refractivity contribution in [3.8, 4) is 5.75 Å². The maximum atomic E-state index is 10.7. The van der Waals surface area contributed by atoms with Crippen molar-refractivity contribution in [3.05, 3.63) is 25.6 Å². The van der Waals surface area contributed by atoms with Gasteiger partial charge in [0.15, 0.2) is 6.29 Å². The molecule has 0 heterocycles. The van der Waals surface area contributed by atoms with Crippen LogP contribution >= 0.6 is 31.9 Å². The third-order valence-corrected chi connectivity index (χ3v) is 4.00. The first-order valence-electron chi connectivity index (χ1n) is 3.63. The minimum atomic E-state index is 0.212. The lowest BCUT2D eigenvalue weighted by molar-refractivity contribution is 0.112. The van der Waals surface area contributed by atoms with E-state index in [4.69, 9.17) is 0 Å². The van der Waals surface area contributed by atoms with Crippen LogP contribution in [0.1, 0.15) is 21.5 Å². The summed E-state index contributed by atoms with van der Waals surface area (Å²) in [6, 6.07) is 0. The standard InChI is InChI=1S/C9H8Br2O2/c1-4-7(10)6(3-12)8(11)5(2)9(4)13/h3,13H,1-2H3. The number of rotatable bonds is 1. The highest BCUT2D eigenvalue weighted by Crippen LogP contribution is 2.37. The van der Waals surface area contributed by atoms with Gasteiger partial charge in [0.2, 0.25) is 0 Å². The quantitative estimate of drug-likeness (QED) is 0.808. The Kier molecular flexibility index (Phi) is 3.14. The van der Waals surface area contributed by atoms with E-state index < -0.39 is 0 Å². The van der Waals surface area contributed by atoms with Crippen molar-refractivity contribution in [3.63, 3.8) is 0 Å². The van der Waals surface area contributed by atoms with Crippen LogP contribution in [0.5, 0.6) is 5.75 Å². The Balaban J connectivity index is 3.66. The first-order valence-corrected chi connectivity index (χ1v) is 5.21. The van der Waals surface area contributed by atoms with E-state index >= 15 is 0 Å². The number of phenolic OH excluding ortho intramolecular Hbond substituents is 1. The van der Waals surface area contributed by atoms with Gasteiger partial charge in [-0.1, -0.05) is 0 Å². The molecule has 4 heteroatoms. The lowest BCUT2D eigenvalue weighted by atomic mass is 10.1. The summed E-state index contributed by atoms with van der Waals surface area (Å²) in [5.41, 5.74) is 1.90. The minimum absolute atomic E-state index is 0.212. The number of aromatic hydroxyl groups is 1. The zero-order chi connectivity index (χ0) is 10.2. The Labute approximate surface area is 93.2 Å². The predicted octanol–water partition coefficient (Wildman–Crippen LogP) is 3.35. The molecule has 0 aliphatic rings. The zero-order valence-electron chi connectivity index (χ0n) is 7.19. The van der Waals surface area contributed by atoms with Crippen LogP contribution in [0, 0.1) is 13.8 Å². The van der Waals surface area contributed by atoms with Crippen LogP contribution in [0.2, 0.25) is 0 Å². The second kappa shape index (κ2) is 3.80. The van der Waals surface area contributed by atoms with Crippen LogP contribution in [0.15, 0.2) is 8.95 Å². The van der Waals surface area contributed by atoms with Crippen molar-refractivity contribution in [1.82, 2.24) is 0 Å². The van der Waals surface area contributed by atoms with Crippen LogP contribution in [0.3, 0.4) is 0 Å². The largest absolute Gasteiger partial charge is 0.507 e. The molecular formula is C9H8Br2O2. The van der Waals surface area contributed by atoms with Gasteiger partial charge in [0, 0.05) is 25.6 Å². The Bertz CT molecular complexity index is 343. The van der Waals surface area contributed by atoms with E-state index in [1.54, 1.807) is 13.8 Å². The van der Waals surface area contributed by atoms with Crippen LogP contribution in [-0.4, -0.2) is 11.4 Å². The highest BCUT2D eigenvalue weighted by atomic mass is 79.9. The number of benzene rings is 1. The van der Waals surface area contributed by atoms with E-state index in [-0.39, 0.29) is 5.75 Å². The predicted molar refractivity (Wildman–Crippen MR) is 58.4 cm³/mol. The first-order chi connectivity index (χ1) is 6.00. The van der Waals surface area contributed by atoms with Gasteiger partial charge in [-0.25, -0.2) is 0 Å². The number of aldehydes is 1. The van der Waals surface area contributed by atoms with Crippen molar-refractivity contribution in [2.75, 3.05) is 0 Å². The van der Waals surface area contributed by atoms with E-state index in [1.807, 2.05) is 0 Å². The molecule has 0 spiro atoms. The van der Waals surface area contributed by atoms with Gasteiger partial charge in [0.25, 0.3) is 0 Å². The van der Waals surface area contributed by atoms with Gasteiger partial charge in [-0.3, -0.25) is 4.79 Å². The fourth-order valence-electron chi connectivity index (χ4n) is 1.09. The average molecular weight is 308 g/mol. The van der Waals surface area contributed by atoms with Gasteiger partial charge in [0.1, 0.15) is 5.75 Å². The number of phenols is 1. The fourth-order valence-corrected chi connectivity index (χ4v) is 2.32. The van der Waals surface area contributed by atoms with Crippen molar-refractivity contribution >= 4 is 38.1 Å². The maximum Gasteiger partial charge on any atom is 0.152 e. The summed E-state index contributed by atoms with van der Waals surface area (Å²) < 4.78 is 1.27. The van der Waals surface area contributed by atoms with Crippen LogP contribution < -0.4 is 0 Å². The normalized spacial score (nSPS) is 10.2. The lowest BCUT2D eigenvalue weighted by Gasteiger charge is -2.10. The van der Waals surface area contributed by atoms with Gasteiger partial charge in [0.05, 0.1) is 0 Å². The second-order valence-electron chi connectivity index (χ2n) is 2.76. The lowest BCUT2D eigenvalue weighted by Crippen LogP contribution is -1.93. The summed E-state index contributed by atoms with van der Waals surface area (Å²) in [5.74, 6) is 0.212. The van der Waals surface area contributed by atoms with Gasteiger partial charge < -0.3 is 5.11 Å². The fraction of sp³-hybridized carbons (Fsp3) is 0.222. The Morgan fingerprint density at radius 2 is 1.54 bits per heavy atom. The molecule has 1 N–H and O–H groups in total. The van der Waals surface area contributed by atoms with Crippen LogP contribution in [0.4, 0.5) is 0 Å². The third-order valence-electron chi connectivity index (χ3n) is 1.96. The molecule has 0 amide bonds. The summed E-state index contributed by atoms with van der Waals surface area (Å²) in [4.78, 5) is 10.7.